The zero-order valence-electron chi connectivity index (χ0n) is 27.8. The predicted octanol–water partition coefficient (Wildman–Crippen LogP) is 6.81. The molecule has 0 spiro atoms. The standard InChI is InChI=1S/C39H45N3O4S/c1-28-18-21-35(22-19-28)47(45,46)42(36-24-30(3)17-20-31(36)4)27-38(43)41(26-33-14-10-11-29(2)23-33)37(25-32-12-6-5-7-13-32)39(44)40-34-15-8-9-16-34/h5-7,10-14,17-24,34,37H,8-9,15-16,25-27H2,1-4H3,(H,40,44)/t37-/m1/s1. The zero-order valence-corrected chi connectivity index (χ0v) is 28.6. The molecule has 47 heavy (non-hydrogen) atoms. The fourth-order valence-electron chi connectivity index (χ4n) is 6.27. The Labute approximate surface area is 279 Å². The molecule has 5 rings (SSSR count). The minimum absolute atomic E-state index is 0.0602. The number of hydrogen-bond donors (Lipinski definition) is 1. The van der Waals surface area contributed by atoms with Crippen molar-refractivity contribution in [2.24, 2.45) is 0 Å². The smallest absolute Gasteiger partial charge is 0.264 e. The van der Waals surface area contributed by atoms with Gasteiger partial charge in [-0.1, -0.05) is 103 Å². The SMILES string of the molecule is Cc1ccc(S(=O)(=O)N(CC(=O)N(Cc2cccc(C)c2)[C@H](Cc2ccccc2)C(=O)NC2CCCC2)c2cc(C)ccc2C)cc1. The van der Waals surface area contributed by atoms with Crippen LogP contribution in [0.4, 0.5) is 5.69 Å². The molecule has 1 N–H and O–H groups in total. The summed E-state index contributed by atoms with van der Waals surface area (Å²) in [4.78, 5) is 30.6. The van der Waals surface area contributed by atoms with Crippen molar-refractivity contribution >= 4 is 27.5 Å². The van der Waals surface area contributed by atoms with Crippen molar-refractivity contribution in [1.82, 2.24) is 10.2 Å². The largest absolute Gasteiger partial charge is 0.352 e. The van der Waals surface area contributed by atoms with E-state index < -0.39 is 28.5 Å². The second-order valence-electron chi connectivity index (χ2n) is 12.8. The van der Waals surface area contributed by atoms with E-state index in [0.717, 1.165) is 59.1 Å². The molecule has 1 fully saturated rings. The Morgan fingerprint density at radius 2 is 1.40 bits per heavy atom. The van der Waals surface area contributed by atoms with E-state index in [1.807, 2.05) is 94.4 Å². The third kappa shape index (κ3) is 8.49. The molecular formula is C39H45N3O4S. The Morgan fingerprint density at radius 3 is 2.09 bits per heavy atom. The molecule has 0 radical (unpaired) electrons. The van der Waals surface area contributed by atoms with Gasteiger partial charge < -0.3 is 10.2 Å². The number of hydrogen-bond acceptors (Lipinski definition) is 4. The quantitative estimate of drug-likeness (QED) is 0.182. The molecule has 246 valence electrons. The van der Waals surface area contributed by atoms with E-state index in [2.05, 4.69) is 5.32 Å². The molecule has 0 aromatic heterocycles. The van der Waals surface area contributed by atoms with Crippen molar-refractivity contribution in [2.45, 2.75) is 83.3 Å². The molecule has 1 aliphatic carbocycles. The average Bonchev–Trinajstić information content (AvgIpc) is 3.56. The van der Waals surface area contributed by atoms with Gasteiger partial charge in [0.25, 0.3) is 10.0 Å². The minimum atomic E-state index is -4.16. The second kappa shape index (κ2) is 15.0. The van der Waals surface area contributed by atoms with Crippen LogP contribution in [0.3, 0.4) is 0 Å². The van der Waals surface area contributed by atoms with Gasteiger partial charge in [0.2, 0.25) is 11.8 Å². The highest BCUT2D eigenvalue weighted by Crippen LogP contribution is 2.29. The summed E-state index contributed by atoms with van der Waals surface area (Å²) in [5, 5.41) is 3.23. The highest BCUT2D eigenvalue weighted by Gasteiger charge is 2.36. The number of nitrogens with one attached hydrogen (secondary N) is 1. The summed E-state index contributed by atoms with van der Waals surface area (Å²) >= 11 is 0. The minimum Gasteiger partial charge on any atom is -0.352 e. The van der Waals surface area contributed by atoms with E-state index in [4.69, 9.17) is 0 Å². The van der Waals surface area contributed by atoms with Crippen molar-refractivity contribution in [3.63, 3.8) is 0 Å². The van der Waals surface area contributed by atoms with Crippen LogP contribution < -0.4 is 9.62 Å². The van der Waals surface area contributed by atoms with E-state index in [-0.39, 0.29) is 23.4 Å². The molecule has 1 saturated carbocycles. The van der Waals surface area contributed by atoms with Crippen LogP contribution in [0, 0.1) is 27.7 Å². The number of carbonyl (C=O) groups excluding carboxylic acids is 2. The van der Waals surface area contributed by atoms with Gasteiger partial charge in [-0.2, -0.15) is 0 Å². The van der Waals surface area contributed by atoms with Crippen molar-refractivity contribution in [3.05, 3.63) is 130 Å². The maximum atomic E-state index is 14.8. The van der Waals surface area contributed by atoms with Crippen LogP contribution in [0.1, 0.15) is 59.1 Å². The Morgan fingerprint density at radius 1 is 0.766 bits per heavy atom. The number of aryl methyl sites for hydroxylation is 4. The van der Waals surface area contributed by atoms with E-state index in [1.165, 1.54) is 4.31 Å². The highest BCUT2D eigenvalue weighted by molar-refractivity contribution is 7.92. The summed E-state index contributed by atoms with van der Waals surface area (Å²) in [7, 11) is -4.16. The summed E-state index contributed by atoms with van der Waals surface area (Å²) in [5.74, 6) is -0.674. The van der Waals surface area contributed by atoms with E-state index in [1.54, 1.807) is 35.2 Å². The van der Waals surface area contributed by atoms with Crippen LogP contribution >= 0.6 is 0 Å². The van der Waals surface area contributed by atoms with Crippen LogP contribution in [-0.2, 0) is 32.6 Å². The van der Waals surface area contributed by atoms with E-state index in [9.17, 15) is 18.0 Å². The molecule has 4 aromatic carbocycles. The van der Waals surface area contributed by atoms with Crippen molar-refractivity contribution in [2.75, 3.05) is 10.8 Å². The lowest BCUT2D eigenvalue weighted by Crippen LogP contribution is -2.54. The molecule has 0 saturated heterocycles. The first-order valence-corrected chi connectivity index (χ1v) is 17.8. The molecule has 1 atom stereocenters. The van der Waals surface area contributed by atoms with Gasteiger partial charge in [-0.05, 0) is 81.0 Å². The third-order valence-corrected chi connectivity index (χ3v) is 10.7. The van der Waals surface area contributed by atoms with E-state index >= 15 is 0 Å². The molecule has 0 unspecified atom stereocenters. The molecule has 1 aliphatic rings. The van der Waals surface area contributed by atoms with E-state index in [0.29, 0.717) is 12.1 Å². The van der Waals surface area contributed by atoms with Crippen molar-refractivity contribution in [3.8, 4) is 0 Å². The average molecular weight is 652 g/mol. The van der Waals surface area contributed by atoms with Crippen LogP contribution in [-0.4, -0.2) is 43.8 Å². The molecule has 4 aromatic rings. The van der Waals surface area contributed by atoms with Crippen LogP contribution in [0.5, 0.6) is 0 Å². The number of carbonyl (C=O) groups is 2. The molecule has 0 aliphatic heterocycles. The molecular weight excluding hydrogens is 607 g/mol. The molecule has 0 heterocycles. The lowest BCUT2D eigenvalue weighted by atomic mass is 10.0. The number of amides is 2. The zero-order chi connectivity index (χ0) is 33.6. The number of rotatable bonds is 12. The van der Waals surface area contributed by atoms with Crippen molar-refractivity contribution < 1.29 is 18.0 Å². The van der Waals surface area contributed by atoms with Crippen LogP contribution in [0.25, 0.3) is 0 Å². The van der Waals surface area contributed by atoms with Gasteiger partial charge in [0.1, 0.15) is 12.6 Å². The summed E-state index contributed by atoms with van der Waals surface area (Å²) in [6.07, 6.45) is 4.23. The second-order valence-corrected chi connectivity index (χ2v) is 14.7. The topological polar surface area (TPSA) is 86.8 Å². The fraction of sp³-hybridized carbons (Fsp3) is 0.333. The lowest BCUT2D eigenvalue weighted by Gasteiger charge is -2.34. The lowest BCUT2D eigenvalue weighted by molar-refractivity contribution is -0.140. The Hall–Kier alpha value is -4.43. The molecule has 2 amide bonds. The number of nitrogens with zero attached hydrogens (tertiary/aromatic N) is 2. The van der Waals surface area contributed by atoms with Gasteiger partial charge in [0.05, 0.1) is 10.6 Å². The Kier molecular flexibility index (Phi) is 10.8. The maximum Gasteiger partial charge on any atom is 0.264 e. The van der Waals surface area contributed by atoms with Crippen molar-refractivity contribution in [1.29, 1.82) is 0 Å². The highest BCUT2D eigenvalue weighted by atomic mass is 32.2. The first-order valence-electron chi connectivity index (χ1n) is 16.4. The van der Waals surface area contributed by atoms with Crippen LogP contribution in [0.15, 0.2) is 102 Å². The summed E-state index contributed by atoms with van der Waals surface area (Å²) in [6.45, 7) is 7.31. The molecule has 0 bridgehead atoms. The van der Waals surface area contributed by atoms with Crippen LogP contribution in [0.2, 0.25) is 0 Å². The summed E-state index contributed by atoms with van der Waals surface area (Å²) in [6, 6.07) is 29.0. The van der Waals surface area contributed by atoms with Gasteiger partial charge in [-0.15, -0.1) is 0 Å². The number of anilines is 1. The predicted molar refractivity (Wildman–Crippen MR) is 188 cm³/mol. The number of sulfonamides is 1. The summed E-state index contributed by atoms with van der Waals surface area (Å²) in [5.41, 5.74) is 5.78. The van der Waals surface area contributed by atoms with Gasteiger partial charge >= 0.3 is 0 Å². The molecule has 8 heteroatoms. The molecule has 7 nitrogen and oxygen atoms in total. The third-order valence-electron chi connectivity index (χ3n) is 8.93. The van der Waals surface area contributed by atoms with Gasteiger partial charge in [0.15, 0.2) is 0 Å². The number of benzene rings is 4. The van der Waals surface area contributed by atoms with Gasteiger partial charge in [-0.3, -0.25) is 13.9 Å². The monoisotopic (exact) mass is 651 g/mol. The first-order chi connectivity index (χ1) is 22.5. The van der Waals surface area contributed by atoms with Gasteiger partial charge in [0, 0.05) is 19.0 Å². The normalized spacial score (nSPS) is 14.0. The first kappa shape index (κ1) is 33.9. The fourth-order valence-corrected chi connectivity index (χ4v) is 7.74. The maximum absolute atomic E-state index is 14.8. The van der Waals surface area contributed by atoms with Gasteiger partial charge in [-0.25, -0.2) is 8.42 Å². The summed E-state index contributed by atoms with van der Waals surface area (Å²) < 4.78 is 29.9. The Bertz CT molecular complexity index is 1800. The Balaban J connectivity index is 1.59.